The van der Waals surface area contributed by atoms with E-state index in [1.807, 2.05) is 0 Å². The lowest BCUT2D eigenvalue weighted by Crippen LogP contribution is -2.17. The van der Waals surface area contributed by atoms with E-state index in [0.717, 1.165) is 24.2 Å². The smallest absolute Gasteiger partial charge is 0.0525 e. The molecule has 1 aliphatic heterocycles. The van der Waals surface area contributed by atoms with Gasteiger partial charge in [0.2, 0.25) is 0 Å². The van der Waals surface area contributed by atoms with Gasteiger partial charge in [0.05, 0.1) is 5.70 Å². The highest BCUT2D eigenvalue weighted by Crippen LogP contribution is 2.42. The quantitative estimate of drug-likeness (QED) is 0.201. The van der Waals surface area contributed by atoms with E-state index in [4.69, 9.17) is 0 Å². The van der Waals surface area contributed by atoms with Crippen LogP contribution in [0, 0.1) is 6.92 Å². The molecule has 7 rings (SSSR count). The van der Waals surface area contributed by atoms with Gasteiger partial charge in [-0.05, 0) is 94.8 Å². The Morgan fingerprint density at radius 2 is 1.30 bits per heavy atom. The molecule has 0 fully saturated rings. The van der Waals surface area contributed by atoms with Crippen molar-refractivity contribution in [2.75, 3.05) is 16.8 Å². The summed E-state index contributed by atoms with van der Waals surface area (Å²) in [6, 6.07) is 43.3. The minimum absolute atomic E-state index is 0.981. The van der Waals surface area contributed by atoms with Crippen LogP contribution < -0.4 is 9.80 Å². The first kappa shape index (κ1) is 27.5. The van der Waals surface area contributed by atoms with E-state index in [0.29, 0.717) is 0 Å². The Morgan fingerprint density at radius 3 is 2.05 bits per heavy atom. The lowest BCUT2D eigenvalue weighted by molar-refractivity contribution is 1.03. The van der Waals surface area contributed by atoms with Gasteiger partial charge in [-0.2, -0.15) is 0 Å². The number of nitrogens with zero attached hydrogens (tertiary/aromatic N) is 2. The van der Waals surface area contributed by atoms with Gasteiger partial charge in [0.1, 0.15) is 0 Å². The van der Waals surface area contributed by atoms with Crippen molar-refractivity contribution in [3.63, 3.8) is 0 Å². The van der Waals surface area contributed by atoms with Crippen LogP contribution in [0.15, 0.2) is 169 Å². The fourth-order valence-electron chi connectivity index (χ4n) is 6.42. The van der Waals surface area contributed by atoms with Gasteiger partial charge in [0.15, 0.2) is 0 Å². The second kappa shape index (κ2) is 12.1. The highest BCUT2D eigenvalue weighted by Gasteiger charge is 2.26. The number of para-hydroxylation sites is 3. The average Bonchev–Trinajstić information content (AvgIpc) is 3.47. The summed E-state index contributed by atoms with van der Waals surface area (Å²) >= 11 is 0. The van der Waals surface area contributed by atoms with Crippen LogP contribution in [0.1, 0.15) is 29.5 Å². The Bertz CT molecular complexity index is 1930. The van der Waals surface area contributed by atoms with E-state index < -0.39 is 0 Å². The molecule has 44 heavy (non-hydrogen) atoms. The molecule has 0 aromatic heterocycles. The maximum Gasteiger partial charge on any atom is 0.0525 e. The van der Waals surface area contributed by atoms with Crippen molar-refractivity contribution in [1.82, 2.24) is 0 Å². The summed E-state index contributed by atoms with van der Waals surface area (Å²) in [5.74, 6) is 0. The summed E-state index contributed by atoms with van der Waals surface area (Å²) in [4.78, 5) is 4.62. The van der Waals surface area contributed by atoms with Crippen molar-refractivity contribution < 1.29 is 0 Å². The van der Waals surface area contributed by atoms with Crippen LogP contribution in [0.2, 0.25) is 0 Å². The maximum atomic E-state index is 2.43. The Kier molecular flexibility index (Phi) is 7.56. The number of fused-ring (bicyclic) bond motifs is 2. The molecule has 0 bridgehead atoms. The van der Waals surface area contributed by atoms with Crippen LogP contribution in [0.3, 0.4) is 0 Å². The Labute approximate surface area is 260 Å². The van der Waals surface area contributed by atoms with Gasteiger partial charge < -0.3 is 9.80 Å². The molecule has 0 N–H and O–H groups in total. The standard InChI is InChI=1S/C42H36N2/c1-31-21-22-32(39-18-10-9-17-38(31)39)23-25-34-27-28-35(26-24-33-29-30-43(2)41-20-12-11-19-40(33)41)42(34)44(36-13-5-3-6-14-36)37-15-7-4-8-16-37/h3-26,29-30H,27-28H2,1-2H3/b25-23?,33-24?,35-26+. The Hall–Kier alpha value is -5.34. The van der Waals surface area contributed by atoms with Crippen LogP contribution >= 0.6 is 0 Å². The third kappa shape index (κ3) is 5.31. The molecule has 0 atom stereocenters. The fourth-order valence-corrected chi connectivity index (χ4v) is 6.42. The minimum Gasteiger partial charge on any atom is -0.351 e. The number of anilines is 3. The fraction of sp³-hybridized carbons (Fsp3) is 0.0952. The van der Waals surface area contributed by atoms with Crippen molar-refractivity contribution in [3.8, 4) is 0 Å². The summed E-state index contributed by atoms with van der Waals surface area (Å²) in [5, 5.41) is 2.60. The van der Waals surface area contributed by atoms with E-state index >= 15 is 0 Å². The lowest BCUT2D eigenvalue weighted by atomic mass is 9.99. The van der Waals surface area contributed by atoms with Gasteiger partial charge in [0, 0.05) is 35.9 Å². The zero-order valence-corrected chi connectivity index (χ0v) is 25.3. The second-order valence-corrected chi connectivity index (χ2v) is 11.5. The van der Waals surface area contributed by atoms with Gasteiger partial charge >= 0.3 is 0 Å². The first-order chi connectivity index (χ1) is 21.7. The third-order valence-corrected chi connectivity index (χ3v) is 8.70. The molecule has 1 aliphatic carbocycles. The number of benzene rings is 5. The van der Waals surface area contributed by atoms with Crippen molar-refractivity contribution >= 4 is 39.5 Å². The second-order valence-electron chi connectivity index (χ2n) is 11.5. The minimum atomic E-state index is 0.981. The molecule has 1 heterocycles. The van der Waals surface area contributed by atoms with Crippen molar-refractivity contribution in [2.24, 2.45) is 0 Å². The topological polar surface area (TPSA) is 6.48 Å². The average molecular weight is 569 g/mol. The molecule has 0 saturated carbocycles. The molecule has 2 nitrogen and oxygen atoms in total. The maximum absolute atomic E-state index is 2.43. The first-order valence-electron chi connectivity index (χ1n) is 15.4. The zero-order chi connectivity index (χ0) is 29.9. The Morgan fingerprint density at radius 1 is 0.636 bits per heavy atom. The molecule has 5 aromatic rings. The van der Waals surface area contributed by atoms with Crippen LogP contribution in [-0.4, -0.2) is 7.05 Å². The highest BCUT2D eigenvalue weighted by atomic mass is 15.2. The molecule has 0 unspecified atom stereocenters. The summed E-state index contributed by atoms with van der Waals surface area (Å²) in [7, 11) is 2.11. The molecule has 214 valence electrons. The van der Waals surface area contributed by atoms with Gasteiger partial charge in [0.25, 0.3) is 0 Å². The predicted octanol–water partition coefficient (Wildman–Crippen LogP) is 11.0. The molecule has 2 heteroatoms. The Balaban J connectivity index is 1.39. The van der Waals surface area contributed by atoms with Gasteiger partial charge in [-0.1, -0.05) is 115 Å². The van der Waals surface area contributed by atoms with E-state index in [2.05, 4.69) is 182 Å². The summed E-state index contributed by atoms with van der Waals surface area (Å²) in [5.41, 5.74) is 12.5. The number of aryl methyl sites for hydroxylation is 1. The SMILES string of the molecule is Cc1ccc(C=CC2=C(N(c3ccccc3)c3ccccc3)/C(=C/C=C3C=CN(C)c4ccccc43)CC2)c2ccccc12. The lowest BCUT2D eigenvalue weighted by Gasteiger charge is -2.28. The largest absolute Gasteiger partial charge is 0.351 e. The van der Waals surface area contributed by atoms with Crippen LogP contribution in [0.25, 0.3) is 22.4 Å². The van der Waals surface area contributed by atoms with Gasteiger partial charge in [-0.15, -0.1) is 0 Å². The van der Waals surface area contributed by atoms with E-state index in [1.54, 1.807) is 0 Å². The molecule has 0 radical (unpaired) electrons. The van der Waals surface area contributed by atoms with Crippen LogP contribution in [0.4, 0.5) is 17.1 Å². The predicted molar refractivity (Wildman–Crippen MR) is 189 cm³/mol. The zero-order valence-electron chi connectivity index (χ0n) is 25.3. The molecular weight excluding hydrogens is 532 g/mol. The van der Waals surface area contributed by atoms with Crippen molar-refractivity contribution in [1.29, 1.82) is 0 Å². The van der Waals surface area contributed by atoms with E-state index in [1.165, 1.54) is 55.6 Å². The molecule has 0 saturated heterocycles. The van der Waals surface area contributed by atoms with Crippen LogP contribution in [-0.2, 0) is 0 Å². The third-order valence-electron chi connectivity index (χ3n) is 8.70. The number of hydrogen-bond acceptors (Lipinski definition) is 2. The van der Waals surface area contributed by atoms with E-state index in [-0.39, 0.29) is 0 Å². The van der Waals surface area contributed by atoms with Gasteiger partial charge in [-0.3, -0.25) is 0 Å². The number of hydrogen-bond donors (Lipinski definition) is 0. The first-order valence-corrected chi connectivity index (χ1v) is 15.4. The monoisotopic (exact) mass is 568 g/mol. The summed E-state index contributed by atoms with van der Waals surface area (Å²) in [6.07, 6.45) is 15.6. The molecule has 2 aliphatic rings. The number of rotatable bonds is 6. The highest BCUT2D eigenvalue weighted by molar-refractivity contribution is 5.93. The molecule has 0 amide bonds. The summed E-state index contributed by atoms with van der Waals surface area (Å²) < 4.78 is 0. The normalized spacial score (nSPS) is 16.5. The van der Waals surface area contributed by atoms with Crippen LogP contribution in [0.5, 0.6) is 0 Å². The van der Waals surface area contributed by atoms with Gasteiger partial charge in [-0.25, -0.2) is 0 Å². The number of allylic oxidation sites excluding steroid dienone is 7. The van der Waals surface area contributed by atoms with Crippen molar-refractivity contribution in [2.45, 2.75) is 19.8 Å². The summed E-state index contributed by atoms with van der Waals surface area (Å²) in [6.45, 7) is 2.19. The molecule has 0 spiro atoms. The van der Waals surface area contributed by atoms with Crippen molar-refractivity contribution in [3.05, 3.63) is 185 Å². The molecule has 5 aromatic carbocycles. The van der Waals surface area contributed by atoms with E-state index in [9.17, 15) is 0 Å². The molecular formula is C42H36N2.